The van der Waals surface area contributed by atoms with Crippen LogP contribution in [0.5, 0.6) is 5.75 Å². The van der Waals surface area contributed by atoms with Crippen LogP contribution in [0.3, 0.4) is 0 Å². The number of hydrogen-bond donors (Lipinski definition) is 1. The van der Waals surface area contributed by atoms with Gasteiger partial charge in [-0.3, -0.25) is 0 Å². The number of aryl methyl sites for hydroxylation is 1. The molecule has 3 heteroatoms. The Morgan fingerprint density at radius 2 is 1.75 bits per heavy atom. The van der Waals surface area contributed by atoms with Crippen LogP contribution in [0.4, 0.5) is 0 Å². The van der Waals surface area contributed by atoms with E-state index in [2.05, 4.69) is 20.8 Å². The van der Waals surface area contributed by atoms with E-state index in [0.717, 1.165) is 12.0 Å². The van der Waals surface area contributed by atoms with Crippen molar-refractivity contribution in [2.75, 3.05) is 0 Å². The van der Waals surface area contributed by atoms with Gasteiger partial charge in [0.05, 0.1) is 0 Å². The standard InChI is InChI=1S/C21H26O3/c1-5-16-7-6-8-17(13-16)14-21(4,20(22)23)24-19-11-9-18(10-12-19)15(2)3/h6-13,15H,5,14H2,1-4H3,(H,22,23). The summed E-state index contributed by atoms with van der Waals surface area (Å²) in [6, 6.07) is 15.7. The molecule has 1 atom stereocenters. The quantitative estimate of drug-likeness (QED) is 0.792. The average molecular weight is 326 g/mol. The van der Waals surface area contributed by atoms with Crippen LogP contribution >= 0.6 is 0 Å². The van der Waals surface area contributed by atoms with Crippen molar-refractivity contribution in [2.45, 2.75) is 52.1 Å². The topological polar surface area (TPSA) is 46.5 Å². The summed E-state index contributed by atoms with van der Waals surface area (Å²) in [6.45, 7) is 7.96. The lowest BCUT2D eigenvalue weighted by Crippen LogP contribution is -2.43. The maximum absolute atomic E-state index is 11.8. The lowest BCUT2D eigenvalue weighted by Gasteiger charge is -2.27. The highest BCUT2D eigenvalue weighted by Crippen LogP contribution is 2.25. The second kappa shape index (κ2) is 7.52. The Hall–Kier alpha value is -2.29. The lowest BCUT2D eigenvalue weighted by atomic mass is 9.94. The zero-order chi connectivity index (χ0) is 17.7. The summed E-state index contributed by atoms with van der Waals surface area (Å²) < 4.78 is 5.88. The Balaban J connectivity index is 2.21. The minimum Gasteiger partial charge on any atom is -0.478 e. The van der Waals surface area contributed by atoms with Crippen molar-refractivity contribution >= 4 is 5.97 Å². The second-order valence-corrected chi connectivity index (χ2v) is 6.71. The van der Waals surface area contributed by atoms with E-state index < -0.39 is 11.6 Å². The number of carboxylic acid groups (broad SMARTS) is 1. The molecule has 0 saturated heterocycles. The van der Waals surface area contributed by atoms with Crippen molar-refractivity contribution in [1.29, 1.82) is 0 Å². The summed E-state index contributed by atoms with van der Waals surface area (Å²) in [5.41, 5.74) is 2.07. The molecule has 24 heavy (non-hydrogen) atoms. The van der Waals surface area contributed by atoms with Gasteiger partial charge in [-0.1, -0.05) is 57.2 Å². The summed E-state index contributed by atoms with van der Waals surface area (Å²) in [6.07, 6.45) is 1.25. The molecular formula is C21H26O3. The van der Waals surface area contributed by atoms with Crippen LogP contribution in [0.1, 0.15) is 50.3 Å². The molecule has 0 amide bonds. The fraction of sp³-hybridized carbons (Fsp3) is 0.381. The Kier molecular flexibility index (Phi) is 5.66. The largest absolute Gasteiger partial charge is 0.478 e. The van der Waals surface area contributed by atoms with Gasteiger partial charge >= 0.3 is 5.97 Å². The lowest BCUT2D eigenvalue weighted by molar-refractivity contribution is -0.153. The van der Waals surface area contributed by atoms with Gasteiger partial charge in [0.25, 0.3) is 0 Å². The number of hydrogen-bond acceptors (Lipinski definition) is 2. The summed E-state index contributed by atoms with van der Waals surface area (Å²) in [7, 11) is 0. The number of ether oxygens (including phenoxy) is 1. The minimum atomic E-state index is -1.30. The summed E-state index contributed by atoms with van der Waals surface area (Å²) in [4.78, 5) is 11.8. The summed E-state index contributed by atoms with van der Waals surface area (Å²) in [5, 5.41) is 9.70. The molecule has 0 aromatic heterocycles. The molecular weight excluding hydrogens is 300 g/mol. The third-order valence-electron chi connectivity index (χ3n) is 4.28. The molecule has 2 aromatic carbocycles. The molecule has 0 spiro atoms. The van der Waals surface area contributed by atoms with Crippen LogP contribution in [0.2, 0.25) is 0 Å². The number of aliphatic carboxylic acids is 1. The molecule has 0 bridgehead atoms. The molecule has 0 radical (unpaired) electrons. The van der Waals surface area contributed by atoms with E-state index in [9.17, 15) is 9.90 Å². The first-order valence-corrected chi connectivity index (χ1v) is 8.44. The van der Waals surface area contributed by atoms with Gasteiger partial charge in [0.2, 0.25) is 5.60 Å². The predicted molar refractivity (Wildman–Crippen MR) is 96.7 cm³/mol. The van der Waals surface area contributed by atoms with Crippen molar-refractivity contribution in [2.24, 2.45) is 0 Å². The average Bonchev–Trinajstić information content (AvgIpc) is 2.55. The number of benzene rings is 2. The SMILES string of the molecule is CCc1cccc(CC(C)(Oc2ccc(C(C)C)cc2)C(=O)O)c1. The monoisotopic (exact) mass is 326 g/mol. The minimum absolute atomic E-state index is 0.322. The van der Waals surface area contributed by atoms with Crippen LogP contribution in [-0.2, 0) is 17.6 Å². The molecule has 0 fully saturated rings. The highest BCUT2D eigenvalue weighted by atomic mass is 16.5. The van der Waals surface area contributed by atoms with Crippen LogP contribution in [0.25, 0.3) is 0 Å². The molecule has 0 saturated carbocycles. The van der Waals surface area contributed by atoms with E-state index in [4.69, 9.17) is 4.74 Å². The van der Waals surface area contributed by atoms with Crippen molar-refractivity contribution < 1.29 is 14.6 Å². The van der Waals surface area contributed by atoms with Crippen LogP contribution in [-0.4, -0.2) is 16.7 Å². The van der Waals surface area contributed by atoms with Crippen molar-refractivity contribution in [3.05, 3.63) is 65.2 Å². The smallest absolute Gasteiger partial charge is 0.348 e. The van der Waals surface area contributed by atoms with E-state index in [1.165, 1.54) is 11.1 Å². The van der Waals surface area contributed by atoms with Crippen LogP contribution in [0, 0.1) is 0 Å². The first kappa shape index (κ1) is 18.1. The third-order valence-corrected chi connectivity index (χ3v) is 4.28. The highest BCUT2D eigenvalue weighted by Gasteiger charge is 2.36. The Labute approximate surface area is 144 Å². The molecule has 1 unspecified atom stereocenters. The third kappa shape index (κ3) is 4.38. The van der Waals surface area contributed by atoms with Gasteiger partial charge in [0.15, 0.2) is 0 Å². The van der Waals surface area contributed by atoms with E-state index in [1.54, 1.807) is 6.92 Å². The molecule has 0 aliphatic carbocycles. The number of carbonyl (C=O) groups is 1. The molecule has 2 aromatic rings. The van der Waals surface area contributed by atoms with E-state index in [1.807, 2.05) is 48.5 Å². The normalized spacial score (nSPS) is 13.5. The van der Waals surface area contributed by atoms with Gasteiger partial charge in [-0.25, -0.2) is 4.79 Å². The molecule has 2 rings (SSSR count). The van der Waals surface area contributed by atoms with Crippen LogP contribution < -0.4 is 4.74 Å². The van der Waals surface area contributed by atoms with Gasteiger partial charge in [-0.2, -0.15) is 0 Å². The van der Waals surface area contributed by atoms with E-state index in [-0.39, 0.29) is 0 Å². The predicted octanol–water partition coefficient (Wildman–Crippen LogP) is 4.84. The molecule has 3 nitrogen and oxygen atoms in total. The molecule has 0 aliphatic heterocycles. The zero-order valence-corrected chi connectivity index (χ0v) is 14.9. The first-order chi connectivity index (χ1) is 11.3. The number of rotatable bonds is 7. The summed E-state index contributed by atoms with van der Waals surface area (Å²) >= 11 is 0. The van der Waals surface area contributed by atoms with E-state index in [0.29, 0.717) is 18.1 Å². The van der Waals surface area contributed by atoms with Crippen molar-refractivity contribution in [1.82, 2.24) is 0 Å². The van der Waals surface area contributed by atoms with Crippen molar-refractivity contribution in [3.63, 3.8) is 0 Å². The molecule has 0 heterocycles. The van der Waals surface area contributed by atoms with E-state index >= 15 is 0 Å². The molecule has 1 N–H and O–H groups in total. The molecule has 0 aliphatic rings. The Morgan fingerprint density at radius 1 is 1.12 bits per heavy atom. The number of carboxylic acids is 1. The Bertz CT molecular complexity index is 688. The van der Waals surface area contributed by atoms with Crippen LogP contribution in [0.15, 0.2) is 48.5 Å². The maximum atomic E-state index is 11.8. The van der Waals surface area contributed by atoms with Crippen molar-refractivity contribution in [3.8, 4) is 5.75 Å². The van der Waals surface area contributed by atoms with Gasteiger partial charge in [-0.05, 0) is 48.1 Å². The fourth-order valence-corrected chi connectivity index (χ4v) is 2.69. The van der Waals surface area contributed by atoms with Gasteiger partial charge in [-0.15, -0.1) is 0 Å². The second-order valence-electron chi connectivity index (χ2n) is 6.71. The van der Waals surface area contributed by atoms with Gasteiger partial charge in [0.1, 0.15) is 5.75 Å². The highest BCUT2D eigenvalue weighted by molar-refractivity contribution is 5.78. The Morgan fingerprint density at radius 3 is 2.29 bits per heavy atom. The zero-order valence-electron chi connectivity index (χ0n) is 14.9. The maximum Gasteiger partial charge on any atom is 0.348 e. The van der Waals surface area contributed by atoms with Gasteiger partial charge < -0.3 is 9.84 Å². The fourth-order valence-electron chi connectivity index (χ4n) is 2.69. The summed E-state index contributed by atoms with van der Waals surface area (Å²) in [5.74, 6) is 0.0509. The first-order valence-electron chi connectivity index (χ1n) is 8.44. The van der Waals surface area contributed by atoms with Gasteiger partial charge in [0, 0.05) is 6.42 Å². The molecule has 128 valence electrons.